The number of carbonyl (C=O) groups is 1. The van der Waals surface area contributed by atoms with Gasteiger partial charge in [0.25, 0.3) is 0 Å². The van der Waals surface area contributed by atoms with Crippen LogP contribution in [0, 0.1) is 5.92 Å². The molecule has 7 nitrogen and oxygen atoms in total. The van der Waals surface area contributed by atoms with Crippen LogP contribution in [-0.2, 0) is 11.3 Å². The fraction of sp³-hybridized carbons (Fsp3) is 0.429. The molecule has 2 aromatic heterocycles. The normalized spacial score (nSPS) is 16.6. The fourth-order valence-corrected chi connectivity index (χ4v) is 5.45. The number of piperidine rings is 1. The minimum absolute atomic E-state index is 0.0378. The number of thioether (sulfide) groups is 1. The first-order valence-electron chi connectivity index (χ1n) is 10.0. The number of benzene rings is 1. The molecule has 1 atom stereocenters. The number of hydrogen-bond donors (Lipinski definition) is 1. The highest BCUT2D eigenvalue weighted by atomic mass is 32.2. The number of aromatic nitrogens is 3. The van der Waals surface area contributed by atoms with Crippen LogP contribution in [0.25, 0.3) is 10.3 Å². The third-order valence-corrected chi connectivity index (χ3v) is 7.27. The van der Waals surface area contributed by atoms with E-state index >= 15 is 0 Å². The summed E-state index contributed by atoms with van der Waals surface area (Å²) >= 11 is 3.05. The van der Waals surface area contributed by atoms with Crippen LogP contribution in [-0.4, -0.2) is 46.8 Å². The first-order valence-corrected chi connectivity index (χ1v) is 11.8. The molecule has 1 aliphatic rings. The van der Waals surface area contributed by atoms with Crippen LogP contribution in [0.2, 0.25) is 0 Å². The predicted molar refractivity (Wildman–Crippen MR) is 121 cm³/mol. The number of ether oxygens (including phenoxy) is 1. The Morgan fingerprint density at radius 1 is 1.40 bits per heavy atom. The van der Waals surface area contributed by atoms with Gasteiger partial charge in [0.1, 0.15) is 21.8 Å². The molecule has 1 saturated heterocycles. The quantitative estimate of drug-likeness (QED) is 0.440. The van der Waals surface area contributed by atoms with Gasteiger partial charge in [-0.15, -0.1) is 0 Å². The van der Waals surface area contributed by atoms with Crippen molar-refractivity contribution in [3.05, 3.63) is 36.2 Å². The Kier molecular flexibility index (Phi) is 6.69. The maximum absolute atomic E-state index is 12.3. The molecule has 0 aliphatic carbocycles. The van der Waals surface area contributed by atoms with Crippen LogP contribution >= 0.6 is 23.1 Å². The first kappa shape index (κ1) is 20.9. The van der Waals surface area contributed by atoms with Crippen LogP contribution in [0.3, 0.4) is 0 Å². The van der Waals surface area contributed by atoms with Crippen molar-refractivity contribution in [3.63, 3.8) is 0 Å². The molecule has 1 amide bonds. The van der Waals surface area contributed by atoms with E-state index in [-0.39, 0.29) is 5.91 Å². The SMILES string of the molecule is COc1cccc(CNC(=O)CSc2ncnc3nc(N4CCCC(C)C4)sc23)c1. The average molecular weight is 444 g/mol. The van der Waals surface area contributed by atoms with Gasteiger partial charge < -0.3 is 15.0 Å². The van der Waals surface area contributed by atoms with Crippen LogP contribution < -0.4 is 15.0 Å². The summed E-state index contributed by atoms with van der Waals surface area (Å²) in [4.78, 5) is 28.1. The lowest BCUT2D eigenvalue weighted by atomic mass is 10.0. The number of nitrogens with zero attached hydrogens (tertiary/aromatic N) is 4. The molecule has 1 aliphatic heterocycles. The molecule has 3 aromatic rings. The smallest absolute Gasteiger partial charge is 0.230 e. The van der Waals surface area contributed by atoms with E-state index in [1.807, 2.05) is 24.3 Å². The molecule has 1 unspecified atom stereocenters. The van der Waals surface area contributed by atoms with Gasteiger partial charge in [0, 0.05) is 19.6 Å². The molecule has 0 spiro atoms. The van der Waals surface area contributed by atoms with Crippen molar-refractivity contribution < 1.29 is 9.53 Å². The monoisotopic (exact) mass is 443 g/mol. The summed E-state index contributed by atoms with van der Waals surface area (Å²) in [6, 6.07) is 7.68. The number of fused-ring (bicyclic) bond motifs is 1. The molecule has 1 aromatic carbocycles. The summed E-state index contributed by atoms with van der Waals surface area (Å²) < 4.78 is 6.18. The Bertz CT molecular complexity index is 1030. The molecule has 4 rings (SSSR count). The van der Waals surface area contributed by atoms with Crippen molar-refractivity contribution >= 4 is 44.5 Å². The maximum atomic E-state index is 12.3. The number of amides is 1. The third kappa shape index (κ3) is 5.02. The number of thiazole rings is 1. The first-order chi connectivity index (χ1) is 14.6. The lowest BCUT2D eigenvalue weighted by Gasteiger charge is -2.30. The summed E-state index contributed by atoms with van der Waals surface area (Å²) in [5.41, 5.74) is 1.71. The van der Waals surface area contributed by atoms with E-state index in [1.54, 1.807) is 18.4 Å². The Morgan fingerprint density at radius 2 is 2.30 bits per heavy atom. The predicted octanol–water partition coefficient (Wildman–Crippen LogP) is 3.74. The van der Waals surface area contributed by atoms with Gasteiger partial charge in [0.15, 0.2) is 10.8 Å². The molecule has 3 heterocycles. The lowest BCUT2D eigenvalue weighted by molar-refractivity contribution is -0.118. The van der Waals surface area contributed by atoms with Crippen LogP contribution in [0.4, 0.5) is 5.13 Å². The van der Waals surface area contributed by atoms with Crippen molar-refractivity contribution in [1.29, 1.82) is 0 Å². The van der Waals surface area contributed by atoms with Gasteiger partial charge in [-0.1, -0.05) is 42.2 Å². The second-order valence-electron chi connectivity index (χ2n) is 7.44. The number of anilines is 1. The van der Waals surface area contributed by atoms with Crippen LogP contribution in [0.15, 0.2) is 35.6 Å². The standard InChI is InChI=1S/C21H25N5O2S2/c1-14-5-4-8-26(11-14)21-25-19-18(30-21)20(24-13-23-19)29-12-17(27)22-10-15-6-3-7-16(9-15)28-2/h3,6-7,9,13-14H,4-5,8,10-12H2,1-2H3,(H,22,27). The molecular weight excluding hydrogens is 418 g/mol. The van der Waals surface area contributed by atoms with Crippen LogP contribution in [0.1, 0.15) is 25.3 Å². The van der Waals surface area contributed by atoms with Gasteiger partial charge in [0.05, 0.1) is 12.9 Å². The molecule has 1 N–H and O–H groups in total. The average Bonchev–Trinajstić information content (AvgIpc) is 3.21. The van der Waals surface area contributed by atoms with Gasteiger partial charge in [-0.2, -0.15) is 4.98 Å². The molecule has 1 fully saturated rings. The highest BCUT2D eigenvalue weighted by Gasteiger charge is 2.21. The van der Waals surface area contributed by atoms with Gasteiger partial charge in [-0.25, -0.2) is 9.97 Å². The summed E-state index contributed by atoms with van der Waals surface area (Å²) in [5.74, 6) is 1.72. The van der Waals surface area contributed by atoms with E-state index in [0.29, 0.717) is 23.9 Å². The topological polar surface area (TPSA) is 80.2 Å². The number of carbonyl (C=O) groups excluding carboxylic acids is 1. The number of rotatable bonds is 7. The molecule has 0 saturated carbocycles. The fourth-order valence-electron chi connectivity index (χ4n) is 3.49. The zero-order valence-corrected chi connectivity index (χ0v) is 18.8. The van der Waals surface area contributed by atoms with E-state index < -0.39 is 0 Å². The van der Waals surface area contributed by atoms with Gasteiger partial charge in [0.2, 0.25) is 5.91 Å². The zero-order chi connectivity index (χ0) is 20.9. The van der Waals surface area contributed by atoms with E-state index in [9.17, 15) is 4.79 Å². The minimum Gasteiger partial charge on any atom is -0.497 e. The molecular formula is C21H25N5O2S2. The highest BCUT2D eigenvalue weighted by Crippen LogP contribution is 2.35. The molecule has 0 bridgehead atoms. The summed E-state index contributed by atoms with van der Waals surface area (Å²) in [6.45, 7) is 4.81. The van der Waals surface area contributed by atoms with E-state index in [0.717, 1.165) is 39.3 Å². The third-order valence-electron chi connectivity index (χ3n) is 5.04. The lowest BCUT2D eigenvalue weighted by Crippen LogP contribution is -2.34. The van der Waals surface area contributed by atoms with Gasteiger partial charge >= 0.3 is 0 Å². The number of hydrogen-bond acceptors (Lipinski definition) is 8. The maximum Gasteiger partial charge on any atom is 0.230 e. The van der Waals surface area contributed by atoms with E-state index in [2.05, 4.69) is 27.1 Å². The number of methoxy groups -OCH3 is 1. The zero-order valence-electron chi connectivity index (χ0n) is 17.1. The van der Waals surface area contributed by atoms with Gasteiger partial charge in [-0.3, -0.25) is 4.79 Å². The second kappa shape index (κ2) is 9.61. The molecule has 30 heavy (non-hydrogen) atoms. The van der Waals surface area contributed by atoms with Crippen molar-refractivity contribution in [2.24, 2.45) is 5.92 Å². The number of nitrogens with one attached hydrogen (secondary N) is 1. The van der Waals surface area contributed by atoms with Gasteiger partial charge in [-0.05, 0) is 36.5 Å². The largest absolute Gasteiger partial charge is 0.497 e. The second-order valence-corrected chi connectivity index (χ2v) is 9.38. The Balaban J connectivity index is 1.38. The van der Waals surface area contributed by atoms with Crippen molar-refractivity contribution in [2.45, 2.75) is 31.3 Å². The summed E-state index contributed by atoms with van der Waals surface area (Å²) in [5, 5.41) is 4.76. The van der Waals surface area contributed by atoms with Crippen LogP contribution in [0.5, 0.6) is 5.75 Å². The Labute approximate surface area is 184 Å². The summed E-state index contributed by atoms with van der Waals surface area (Å²) in [6.07, 6.45) is 3.99. The molecule has 158 valence electrons. The highest BCUT2D eigenvalue weighted by molar-refractivity contribution is 8.00. The van der Waals surface area contributed by atoms with Crippen molar-refractivity contribution in [3.8, 4) is 5.75 Å². The Hall–Kier alpha value is -2.39. The molecule has 0 radical (unpaired) electrons. The van der Waals surface area contributed by atoms with Crippen molar-refractivity contribution in [1.82, 2.24) is 20.3 Å². The Morgan fingerprint density at radius 3 is 3.13 bits per heavy atom. The van der Waals surface area contributed by atoms with E-state index in [1.165, 1.54) is 30.9 Å². The molecule has 9 heteroatoms. The summed E-state index contributed by atoms with van der Waals surface area (Å²) in [7, 11) is 1.63. The van der Waals surface area contributed by atoms with Crippen molar-refractivity contribution in [2.75, 3.05) is 30.9 Å². The minimum atomic E-state index is -0.0378. The van der Waals surface area contributed by atoms with E-state index in [4.69, 9.17) is 9.72 Å².